The van der Waals surface area contributed by atoms with E-state index >= 15 is 0 Å². The Morgan fingerprint density at radius 3 is 2.31 bits per heavy atom. The van der Waals surface area contributed by atoms with Crippen molar-refractivity contribution in [2.24, 2.45) is 17.2 Å². The molecular formula is C13H28N2O. The Bertz CT molecular complexity index is 191. The molecule has 1 unspecified atom stereocenters. The van der Waals surface area contributed by atoms with Crippen LogP contribution in [0.25, 0.3) is 0 Å². The Hall–Kier alpha value is -0.120. The summed E-state index contributed by atoms with van der Waals surface area (Å²) >= 11 is 0. The van der Waals surface area contributed by atoms with E-state index in [9.17, 15) is 0 Å². The Labute approximate surface area is 100 Å². The van der Waals surface area contributed by atoms with E-state index in [-0.39, 0.29) is 6.10 Å². The number of nitrogens with one attached hydrogen (secondary N) is 1. The molecule has 1 aliphatic carbocycles. The van der Waals surface area contributed by atoms with Crippen LogP contribution in [0.3, 0.4) is 0 Å². The summed E-state index contributed by atoms with van der Waals surface area (Å²) in [6.07, 6.45) is 5.43. The Kier molecular flexibility index (Phi) is 5.22. The van der Waals surface area contributed by atoms with Gasteiger partial charge in [0.1, 0.15) is 0 Å². The van der Waals surface area contributed by atoms with E-state index in [2.05, 4.69) is 33.1 Å². The highest BCUT2D eigenvalue weighted by molar-refractivity contribution is 4.84. The second kappa shape index (κ2) is 5.99. The van der Waals surface area contributed by atoms with Gasteiger partial charge in [-0.25, -0.2) is 0 Å². The Morgan fingerprint density at radius 2 is 1.88 bits per heavy atom. The number of rotatable bonds is 5. The standard InChI is InChI=1S/C13H28N2O/c1-10(2)16-9-12(15-14)11-5-7-13(3,4)8-6-11/h10-12,15H,5-9,14H2,1-4H3. The summed E-state index contributed by atoms with van der Waals surface area (Å²) in [5.41, 5.74) is 3.45. The van der Waals surface area contributed by atoms with Crippen LogP contribution in [0.1, 0.15) is 53.4 Å². The number of ether oxygens (including phenoxy) is 1. The van der Waals surface area contributed by atoms with Gasteiger partial charge in [-0.15, -0.1) is 0 Å². The molecule has 1 saturated carbocycles. The zero-order valence-corrected chi connectivity index (χ0v) is 11.3. The van der Waals surface area contributed by atoms with Crippen LogP contribution in [0.4, 0.5) is 0 Å². The Morgan fingerprint density at radius 1 is 1.31 bits per heavy atom. The van der Waals surface area contributed by atoms with Crippen LogP contribution < -0.4 is 11.3 Å². The first-order valence-electron chi connectivity index (χ1n) is 6.52. The molecule has 3 nitrogen and oxygen atoms in total. The highest BCUT2D eigenvalue weighted by Gasteiger charge is 2.31. The predicted octanol–water partition coefficient (Wildman–Crippen LogP) is 2.46. The van der Waals surface area contributed by atoms with Crippen LogP contribution in [-0.2, 0) is 4.74 Å². The van der Waals surface area contributed by atoms with Gasteiger partial charge in [0.2, 0.25) is 0 Å². The molecular weight excluding hydrogens is 200 g/mol. The summed E-state index contributed by atoms with van der Waals surface area (Å²) < 4.78 is 5.66. The second-order valence-corrected chi connectivity index (χ2v) is 6.16. The number of hydrogen-bond donors (Lipinski definition) is 2. The van der Waals surface area contributed by atoms with Gasteiger partial charge in [0.25, 0.3) is 0 Å². The van der Waals surface area contributed by atoms with Gasteiger partial charge in [-0.05, 0) is 50.9 Å². The molecule has 1 atom stereocenters. The second-order valence-electron chi connectivity index (χ2n) is 6.16. The monoisotopic (exact) mass is 228 g/mol. The quantitative estimate of drug-likeness (QED) is 0.561. The normalized spacial score (nSPS) is 23.6. The van der Waals surface area contributed by atoms with E-state index in [0.29, 0.717) is 17.4 Å². The fraction of sp³-hybridized carbons (Fsp3) is 1.00. The van der Waals surface area contributed by atoms with Crippen molar-refractivity contribution in [3.63, 3.8) is 0 Å². The molecule has 3 N–H and O–H groups in total. The average molecular weight is 228 g/mol. The minimum atomic E-state index is 0.288. The summed E-state index contributed by atoms with van der Waals surface area (Å²) in [6, 6.07) is 0.318. The van der Waals surface area contributed by atoms with E-state index < -0.39 is 0 Å². The van der Waals surface area contributed by atoms with Crippen molar-refractivity contribution in [1.29, 1.82) is 0 Å². The molecule has 3 heteroatoms. The molecule has 0 amide bonds. The maximum Gasteiger partial charge on any atom is 0.0639 e. The van der Waals surface area contributed by atoms with E-state index in [1.165, 1.54) is 25.7 Å². The number of hydrogen-bond acceptors (Lipinski definition) is 3. The van der Waals surface area contributed by atoms with Crippen LogP contribution in [0.5, 0.6) is 0 Å². The molecule has 1 aliphatic rings. The van der Waals surface area contributed by atoms with Gasteiger partial charge in [-0.2, -0.15) is 0 Å². The van der Waals surface area contributed by atoms with Crippen LogP contribution in [0.2, 0.25) is 0 Å². The molecule has 0 aliphatic heterocycles. The maximum atomic E-state index is 5.66. The zero-order valence-electron chi connectivity index (χ0n) is 11.3. The smallest absolute Gasteiger partial charge is 0.0639 e. The molecule has 16 heavy (non-hydrogen) atoms. The first kappa shape index (κ1) is 13.9. The molecule has 0 bridgehead atoms. The van der Waals surface area contributed by atoms with Crippen molar-refractivity contribution >= 4 is 0 Å². The molecule has 0 radical (unpaired) electrons. The average Bonchev–Trinajstić information content (AvgIpc) is 2.20. The Balaban J connectivity index is 2.37. The van der Waals surface area contributed by atoms with E-state index in [4.69, 9.17) is 10.6 Å². The third kappa shape index (κ3) is 4.40. The molecule has 1 rings (SSSR count). The maximum absolute atomic E-state index is 5.66. The lowest BCUT2D eigenvalue weighted by Gasteiger charge is -2.37. The van der Waals surface area contributed by atoms with Gasteiger partial charge in [0.15, 0.2) is 0 Å². The first-order valence-corrected chi connectivity index (χ1v) is 6.52. The number of hydrazine groups is 1. The molecule has 0 saturated heterocycles. The van der Waals surface area contributed by atoms with Crippen molar-refractivity contribution in [3.8, 4) is 0 Å². The van der Waals surface area contributed by atoms with Gasteiger partial charge >= 0.3 is 0 Å². The molecule has 0 aromatic carbocycles. The lowest BCUT2D eigenvalue weighted by molar-refractivity contribution is 0.0356. The molecule has 0 heterocycles. The predicted molar refractivity (Wildman–Crippen MR) is 67.9 cm³/mol. The van der Waals surface area contributed by atoms with Crippen LogP contribution in [0, 0.1) is 11.3 Å². The molecule has 96 valence electrons. The summed E-state index contributed by atoms with van der Waals surface area (Å²) in [5.74, 6) is 6.31. The minimum absolute atomic E-state index is 0.288. The SMILES string of the molecule is CC(C)OCC(NN)C1CCC(C)(C)CC1. The summed E-state index contributed by atoms with van der Waals surface area (Å²) in [7, 11) is 0. The first-order chi connectivity index (χ1) is 7.44. The van der Waals surface area contributed by atoms with Gasteiger partial charge < -0.3 is 4.74 Å². The van der Waals surface area contributed by atoms with Crippen LogP contribution in [-0.4, -0.2) is 18.8 Å². The highest BCUT2D eigenvalue weighted by Crippen LogP contribution is 2.39. The summed E-state index contributed by atoms with van der Waals surface area (Å²) in [4.78, 5) is 0. The third-order valence-electron chi connectivity index (χ3n) is 3.78. The molecule has 0 spiro atoms. The summed E-state index contributed by atoms with van der Waals surface area (Å²) in [5, 5.41) is 0. The van der Waals surface area contributed by atoms with Crippen molar-refractivity contribution in [3.05, 3.63) is 0 Å². The van der Waals surface area contributed by atoms with Crippen LogP contribution in [0.15, 0.2) is 0 Å². The fourth-order valence-electron chi connectivity index (χ4n) is 2.44. The third-order valence-corrected chi connectivity index (χ3v) is 3.78. The highest BCUT2D eigenvalue weighted by atomic mass is 16.5. The van der Waals surface area contributed by atoms with Gasteiger partial charge in [0, 0.05) is 6.04 Å². The molecule has 0 aromatic rings. The van der Waals surface area contributed by atoms with Crippen molar-refractivity contribution in [1.82, 2.24) is 5.43 Å². The van der Waals surface area contributed by atoms with E-state index in [0.717, 1.165) is 6.61 Å². The van der Waals surface area contributed by atoms with E-state index in [1.54, 1.807) is 0 Å². The van der Waals surface area contributed by atoms with Crippen LogP contribution >= 0.6 is 0 Å². The number of nitrogens with two attached hydrogens (primary N) is 1. The largest absolute Gasteiger partial charge is 0.377 e. The topological polar surface area (TPSA) is 47.3 Å². The molecule has 0 aromatic heterocycles. The summed E-state index contributed by atoms with van der Waals surface area (Å²) in [6.45, 7) is 9.59. The van der Waals surface area contributed by atoms with Crippen molar-refractivity contribution in [2.45, 2.75) is 65.5 Å². The zero-order chi connectivity index (χ0) is 12.2. The van der Waals surface area contributed by atoms with Gasteiger partial charge in [0.05, 0.1) is 12.7 Å². The molecule has 1 fully saturated rings. The minimum Gasteiger partial charge on any atom is -0.377 e. The van der Waals surface area contributed by atoms with Crippen molar-refractivity contribution in [2.75, 3.05) is 6.61 Å². The lowest BCUT2D eigenvalue weighted by Crippen LogP contribution is -2.46. The van der Waals surface area contributed by atoms with Gasteiger partial charge in [-0.1, -0.05) is 13.8 Å². The lowest BCUT2D eigenvalue weighted by atomic mass is 9.71. The fourth-order valence-corrected chi connectivity index (χ4v) is 2.44. The van der Waals surface area contributed by atoms with Gasteiger partial charge in [-0.3, -0.25) is 11.3 Å². The van der Waals surface area contributed by atoms with Crippen molar-refractivity contribution < 1.29 is 4.74 Å². The van der Waals surface area contributed by atoms with E-state index in [1.807, 2.05) is 0 Å².